The number of rotatable bonds is 3. The van der Waals surface area contributed by atoms with Crippen LogP contribution in [-0.2, 0) is 14.6 Å². The summed E-state index contributed by atoms with van der Waals surface area (Å²) in [7, 11) is -3.84. The molecular weight excluding hydrogens is 332 g/mol. The first kappa shape index (κ1) is 14.7. The second-order valence-corrected chi connectivity index (χ2v) is 6.78. The van der Waals surface area contributed by atoms with E-state index in [9.17, 15) is 13.2 Å². The molecule has 8 heteroatoms. The molecule has 2 aromatic carbocycles. The van der Waals surface area contributed by atoms with Crippen LogP contribution in [-0.4, -0.2) is 25.8 Å². The van der Waals surface area contributed by atoms with Crippen molar-refractivity contribution in [2.45, 2.75) is 16.1 Å². The molecule has 1 heterocycles. The van der Waals surface area contributed by atoms with Gasteiger partial charge in [-0.3, -0.25) is 0 Å². The largest absolute Gasteiger partial charge is 0.476 e. The van der Waals surface area contributed by atoms with Crippen molar-refractivity contribution in [3.63, 3.8) is 0 Å². The van der Waals surface area contributed by atoms with E-state index in [-0.39, 0.29) is 26.3 Å². The zero-order valence-corrected chi connectivity index (χ0v) is 12.5. The third-order valence-corrected chi connectivity index (χ3v) is 5.25. The number of hydrogen-bond acceptors (Lipinski definition) is 5. The summed E-state index contributed by atoms with van der Waals surface area (Å²) < 4.78 is 35.2. The summed E-state index contributed by atoms with van der Waals surface area (Å²) in [5.41, 5.74) is 0. The number of carboxylic acids is 1. The molecule has 6 nitrogen and oxygen atoms in total. The summed E-state index contributed by atoms with van der Waals surface area (Å²) in [6.07, 6.45) is -1.51. The minimum absolute atomic E-state index is 0.0197. The predicted octanol–water partition coefficient (Wildman–Crippen LogP) is 2.35. The molecule has 0 aliphatic carbocycles. The van der Waals surface area contributed by atoms with Crippen LogP contribution in [0.25, 0.3) is 0 Å². The smallest absolute Gasteiger partial charge is 0.387 e. The Kier molecular flexibility index (Phi) is 3.46. The van der Waals surface area contributed by atoms with Gasteiger partial charge in [0.15, 0.2) is 11.5 Å². The van der Waals surface area contributed by atoms with Crippen LogP contribution in [0.5, 0.6) is 11.5 Å². The van der Waals surface area contributed by atoms with E-state index in [2.05, 4.69) is 0 Å². The van der Waals surface area contributed by atoms with Crippen molar-refractivity contribution in [3.05, 3.63) is 47.5 Å². The lowest BCUT2D eigenvalue weighted by molar-refractivity contribution is -0.154. The summed E-state index contributed by atoms with van der Waals surface area (Å²) in [5.74, 6) is -1.21. The molecule has 1 atom stereocenters. The SMILES string of the molecule is O=C(O)C1Oc2cc(Cl)c(S(=O)(=O)c3ccccc3)cc2O1. The maximum absolute atomic E-state index is 12.6. The fraction of sp³-hybridized carbons (Fsp3) is 0.0714. The quantitative estimate of drug-likeness (QED) is 0.922. The van der Waals surface area contributed by atoms with Crippen molar-refractivity contribution in [2.75, 3.05) is 0 Å². The van der Waals surface area contributed by atoms with E-state index in [0.29, 0.717) is 0 Å². The van der Waals surface area contributed by atoms with E-state index in [4.69, 9.17) is 26.2 Å². The van der Waals surface area contributed by atoms with Crippen LogP contribution in [0.4, 0.5) is 0 Å². The number of sulfone groups is 1. The maximum Gasteiger partial charge on any atom is 0.387 e. The highest BCUT2D eigenvalue weighted by Crippen LogP contribution is 2.41. The zero-order chi connectivity index (χ0) is 15.9. The van der Waals surface area contributed by atoms with E-state index >= 15 is 0 Å². The third-order valence-electron chi connectivity index (χ3n) is 3.01. The Morgan fingerprint density at radius 3 is 2.27 bits per heavy atom. The Bertz CT molecular complexity index is 847. The maximum atomic E-state index is 12.6. The molecule has 0 bridgehead atoms. The van der Waals surface area contributed by atoms with E-state index in [1.165, 1.54) is 24.3 Å². The molecule has 0 amide bonds. The second kappa shape index (κ2) is 5.19. The van der Waals surface area contributed by atoms with E-state index in [1.54, 1.807) is 18.2 Å². The van der Waals surface area contributed by atoms with Gasteiger partial charge in [-0.05, 0) is 12.1 Å². The van der Waals surface area contributed by atoms with Crippen molar-refractivity contribution in [1.29, 1.82) is 0 Å². The highest BCUT2D eigenvalue weighted by Gasteiger charge is 2.33. The van der Waals surface area contributed by atoms with Gasteiger partial charge in [0.2, 0.25) is 9.84 Å². The van der Waals surface area contributed by atoms with Crippen LogP contribution in [0.2, 0.25) is 5.02 Å². The lowest BCUT2D eigenvalue weighted by Gasteiger charge is -2.07. The Hall–Kier alpha value is -2.25. The Labute approximate surface area is 130 Å². The highest BCUT2D eigenvalue weighted by atomic mass is 35.5. The summed E-state index contributed by atoms with van der Waals surface area (Å²) in [6, 6.07) is 10.2. The van der Waals surface area contributed by atoms with Gasteiger partial charge in [-0.15, -0.1) is 0 Å². The molecule has 0 saturated heterocycles. The van der Waals surface area contributed by atoms with Crippen LogP contribution in [0.3, 0.4) is 0 Å². The highest BCUT2D eigenvalue weighted by molar-refractivity contribution is 7.91. The Morgan fingerprint density at radius 1 is 1.09 bits per heavy atom. The molecule has 1 aliphatic heterocycles. The van der Waals surface area contributed by atoms with Gasteiger partial charge in [0, 0.05) is 12.1 Å². The van der Waals surface area contributed by atoms with Crippen molar-refractivity contribution in [3.8, 4) is 11.5 Å². The average Bonchev–Trinajstić information content (AvgIpc) is 2.90. The number of aliphatic carboxylic acids is 1. The molecule has 0 aromatic heterocycles. The van der Waals surface area contributed by atoms with Crippen molar-refractivity contribution in [2.24, 2.45) is 0 Å². The van der Waals surface area contributed by atoms with Crippen LogP contribution in [0.1, 0.15) is 0 Å². The van der Waals surface area contributed by atoms with Crippen molar-refractivity contribution >= 4 is 27.4 Å². The topological polar surface area (TPSA) is 89.9 Å². The fourth-order valence-corrected chi connectivity index (χ4v) is 3.79. The van der Waals surface area contributed by atoms with Crippen LogP contribution >= 0.6 is 11.6 Å². The summed E-state index contributed by atoms with van der Waals surface area (Å²) in [6.45, 7) is 0. The van der Waals surface area contributed by atoms with Gasteiger partial charge in [0.05, 0.1) is 14.8 Å². The Morgan fingerprint density at radius 2 is 1.68 bits per heavy atom. The molecule has 1 N–H and O–H groups in total. The van der Waals surface area contributed by atoms with Crippen molar-refractivity contribution < 1.29 is 27.8 Å². The monoisotopic (exact) mass is 340 g/mol. The van der Waals surface area contributed by atoms with Gasteiger partial charge in [-0.1, -0.05) is 29.8 Å². The van der Waals surface area contributed by atoms with Crippen LogP contribution in [0.15, 0.2) is 52.3 Å². The summed E-state index contributed by atoms with van der Waals surface area (Å²) in [4.78, 5) is 10.8. The fourth-order valence-electron chi connectivity index (χ4n) is 1.99. The molecule has 114 valence electrons. The molecule has 1 aliphatic rings. The number of carboxylic acid groups (broad SMARTS) is 1. The molecule has 1 unspecified atom stereocenters. The van der Waals surface area contributed by atoms with E-state index < -0.39 is 22.1 Å². The molecule has 0 fully saturated rings. The lowest BCUT2D eigenvalue weighted by Crippen LogP contribution is -2.28. The zero-order valence-electron chi connectivity index (χ0n) is 10.9. The van der Waals surface area contributed by atoms with Gasteiger partial charge in [0.1, 0.15) is 0 Å². The summed E-state index contributed by atoms with van der Waals surface area (Å²) in [5, 5.41) is 8.79. The van der Waals surface area contributed by atoms with Gasteiger partial charge < -0.3 is 14.6 Å². The van der Waals surface area contributed by atoms with Crippen LogP contribution < -0.4 is 9.47 Å². The minimum Gasteiger partial charge on any atom is -0.476 e. The number of halogens is 1. The molecule has 2 aromatic rings. The summed E-state index contributed by atoms with van der Waals surface area (Å²) >= 11 is 6.01. The first-order valence-corrected chi connectivity index (χ1v) is 7.95. The molecular formula is C14H9ClO6S. The molecule has 3 rings (SSSR count). The second-order valence-electron chi connectivity index (χ2n) is 4.45. The van der Waals surface area contributed by atoms with Gasteiger partial charge in [-0.2, -0.15) is 0 Å². The number of hydrogen-bond donors (Lipinski definition) is 1. The normalized spacial score (nSPS) is 16.5. The molecule has 0 spiro atoms. The van der Waals surface area contributed by atoms with E-state index in [0.717, 1.165) is 0 Å². The standard InChI is InChI=1S/C14H9ClO6S/c15-9-6-10-11(21-14(20-10)13(16)17)7-12(9)22(18,19)8-4-2-1-3-5-8/h1-7,14H,(H,16,17). The predicted molar refractivity (Wildman–Crippen MR) is 76.0 cm³/mol. The molecule has 0 saturated carbocycles. The van der Waals surface area contributed by atoms with Gasteiger partial charge in [0.25, 0.3) is 0 Å². The van der Waals surface area contributed by atoms with Gasteiger partial charge in [-0.25, -0.2) is 13.2 Å². The van der Waals surface area contributed by atoms with Crippen LogP contribution in [0, 0.1) is 0 Å². The number of ether oxygens (including phenoxy) is 2. The first-order valence-electron chi connectivity index (χ1n) is 6.09. The Balaban J connectivity index is 2.08. The van der Waals surface area contributed by atoms with Gasteiger partial charge >= 0.3 is 12.3 Å². The first-order chi connectivity index (χ1) is 10.4. The number of fused-ring (bicyclic) bond motifs is 1. The van der Waals surface area contributed by atoms with E-state index in [1.807, 2.05) is 0 Å². The molecule has 22 heavy (non-hydrogen) atoms. The third kappa shape index (κ3) is 2.38. The average molecular weight is 341 g/mol. The van der Waals surface area contributed by atoms with Crippen molar-refractivity contribution in [1.82, 2.24) is 0 Å². The molecule has 0 radical (unpaired) electrons. The number of carbonyl (C=O) groups is 1. The minimum atomic E-state index is -3.84. The lowest BCUT2D eigenvalue weighted by atomic mass is 10.3. The number of benzene rings is 2.